The monoisotopic (exact) mass is 434 g/mol. The van der Waals surface area contributed by atoms with E-state index in [2.05, 4.69) is 19.9 Å². The Kier molecular flexibility index (Phi) is 12.2. The highest BCUT2D eigenvalue weighted by atomic mass is 32.2. The van der Waals surface area contributed by atoms with Crippen molar-refractivity contribution in [2.75, 3.05) is 58.7 Å². The molecule has 0 aliphatic carbocycles. The molecule has 0 spiro atoms. The van der Waals surface area contributed by atoms with Crippen LogP contribution in [0, 0.1) is 0 Å². The van der Waals surface area contributed by atoms with E-state index < -0.39 is 10.0 Å². The summed E-state index contributed by atoms with van der Waals surface area (Å²) in [5, 5.41) is 3.28. The molecule has 0 atom stereocenters. The number of aliphatic imine (C=N–C) groups is 1. The number of ether oxygens (including phenoxy) is 2. The van der Waals surface area contributed by atoms with Crippen molar-refractivity contribution in [3.05, 3.63) is 0 Å². The van der Waals surface area contributed by atoms with Gasteiger partial charge in [-0.05, 0) is 33.6 Å². The normalized spacial score (nSPS) is 16.3. The second kappa shape index (κ2) is 13.8. The van der Waals surface area contributed by atoms with E-state index in [0.717, 1.165) is 31.8 Å². The molecule has 1 aliphatic rings. The summed E-state index contributed by atoms with van der Waals surface area (Å²) in [6.07, 6.45) is 3.09. The zero-order valence-corrected chi connectivity index (χ0v) is 19.2. The van der Waals surface area contributed by atoms with E-state index in [9.17, 15) is 13.2 Å². The van der Waals surface area contributed by atoms with Gasteiger partial charge in [-0.2, -0.15) is 4.31 Å². The molecule has 1 saturated heterocycles. The van der Waals surface area contributed by atoms with Gasteiger partial charge in [-0.3, -0.25) is 9.79 Å². The number of rotatable bonds is 12. The van der Waals surface area contributed by atoms with Crippen molar-refractivity contribution < 1.29 is 22.7 Å². The summed E-state index contributed by atoms with van der Waals surface area (Å²) >= 11 is 0. The molecule has 1 fully saturated rings. The molecule has 0 aromatic rings. The second-order valence-electron chi connectivity index (χ2n) is 7.24. The van der Waals surface area contributed by atoms with Crippen molar-refractivity contribution in [3.63, 3.8) is 0 Å². The maximum atomic E-state index is 12.5. The molecule has 1 N–H and O–H groups in total. The van der Waals surface area contributed by atoms with Crippen LogP contribution in [0.4, 0.5) is 0 Å². The molecule has 0 saturated carbocycles. The predicted molar refractivity (Wildman–Crippen MR) is 114 cm³/mol. The van der Waals surface area contributed by atoms with Crippen molar-refractivity contribution in [1.29, 1.82) is 0 Å². The van der Waals surface area contributed by atoms with E-state index in [-0.39, 0.29) is 24.4 Å². The van der Waals surface area contributed by atoms with E-state index in [1.165, 1.54) is 7.11 Å². The first-order valence-corrected chi connectivity index (χ1v) is 12.1. The number of nitrogens with zero attached hydrogens (tertiary/aromatic N) is 3. The smallest absolute Gasteiger partial charge is 0.305 e. The van der Waals surface area contributed by atoms with E-state index in [1.807, 2.05) is 20.8 Å². The number of unbranched alkanes of at least 4 members (excludes halogenated alkanes) is 2. The Labute approximate surface area is 175 Å². The summed E-state index contributed by atoms with van der Waals surface area (Å²) in [5.74, 6) is 0.663. The lowest BCUT2D eigenvalue weighted by atomic mass is 10.2. The molecule has 0 radical (unpaired) electrons. The highest BCUT2D eigenvalue weighted by Crippen LogP contribution is 2.09. The Morgan fingerprint density at radius 2 is 1.83 bits per heavy atom. The van der Waals surface area contributed by atoms with Crippen LogP contribution in [0.1, 0.15) is 46.5 Å². The van der Waals surface area contributed by atoms with Gasteiger partial charge in [0.1, 0.15) is 0 Å². The van der Waals surface area contributed by atoms with Gasteiger partial charge >= 0.3 is 5.97 Å². The molecule has 170 valence electrons. The second-order valence-corrected chi connectivity index (χ2v) is 9.33. The van der Waals surface area contributed by atoms with Gasteiger partial charge in [0.2, 0.25) is 10.0 Å². The molecular weight excluding hydrogens is 396 g/mol. The van der Waals surface area contributed by atoms with Crippen LogP contribution in [0.15, 0.2) is 4.99 Å². The lowest BCUT2D eigenvalue weighted by Gasteiger charge is -2.36. The zero-order chi connectivity index (χ0) is 21.7. The molecule has 1 aliphatic heterocycles. The molecule has 0 aromatic heterocycles. The minimum atomic E-state index is -3.29. The van der Waals surface area contributed by atoms with Gasteiger partial charge in [-0.15, -0.1) is 0 Å². The van der Waals surface area contributed by atoms with Crippen LogP contribution in [0.25, 0.3) is 0 Å². The van der Waals surface area contributed by atoms with Crippen LogP contribution in [-0.4, -0.2) is 94.4 Å². The number of sulfonamides is 1. The molecule has 0 amide bonds. The number of methoxy groups -OCH3 is 1. The van der Waals surface area contributed by atoms with Crippen LogP contribution in [0.5, 0.6) is 0 Å². The van der Waals surface area contributed by atoms with E-state index in [0.29, 0.717) is 39.1 Å². The van der Waals surface area contributed by atoms with Crippen molar-refractivity contribution in [1.82, 2.24) is 14.5 Å². The summed E-state index contributed by atoms with van der Waals surface area (Å²) in [5.41, 5.74) is 0. The van der Waals surface area contributed by atoms with Crippen molar-refractivity contribution in [2.24, 2.45) is 4.99 Å². The van der Waals surface area contributed by atoms with Gasteiger partial charge in [0, 0.05) is 45.7 Å². The topological polar surface area (TPSA) is 101 Å². The fraction of sp³-hybridized carbons (Fsp3) is 0.895. The molecule has 1 rings (SSSR count). The summed E-state index contributed by atoms with van der Waals surface area (Å²) in [4.78, 5) is 17.9. The first-order valence-electron chi connectivity index (χ1n) is 10.5. The number of carbonyl (C=O) groups excluding carboxylic acids is 1. The van der Waals surface area contributed by atoms with Crippen molar-refractivity contribution in [2.45, 2.75) is 52.6 Å². The first-order chi connectivity index (χ1) is 13.8. The third-order valence-corrected chi connectivity index (χ3v) is 6.42. The molecule has 29 heavy (non-hydrogen) atoms. The molecule has 1 heterocycles. The Hall–Kier alpha value is -1.39. The Morgan fingerprint density at radius 3 is 2.41 bits per heavy atom. The summed E-state index contributed by atoms with van der Waals surface area (Å²) in [6.45, 7) is 9.58. The number of hydrogen-bond acceptors (Lipinski definition) is 6. The highest BCUT2D eigenvalue weighted by molar-refractivity contribution is 7.89. The zero-order valence-electron chi connectivity index (χ0n) is 18.4. The maximum Gasteiger partial charge on any atom is 0.305 e. The number of guanidine groups is 1. The SMILES string of the molecule is CCNC(=NCCCCCC(=O)OC)N1CCN(S(=O)(=O)CCOC(C)C)CC1. The quantitative estimate of drug-likeness (QED) is 0.212. The van der Waals surface area contributed by atoms with Crippen LogP contribution < -0.4 is 5.32 Å². The lowest BCUT2D eigenvalue weighted by Crippen LogP contribution is -2.54. The van der Waals surface area contributed by atoms with Crippen LogP contribution in [0.3, 0.4) is 0 Å². The van der Waals surface area contributed by atoms with Crippen LogP contribution in [-0.2, 0) is 24.3 Å². The third kappa shape index (κ3) is 10.3. The van der Waals surface area contributed by atoms with Gasteiger partial charge in [0.25, 0.3) is 0 Å². The van der Waals surface area contributed by atoms with Gasteiger partial charge in [-0.1, -0.05) is 6.42 Å². The summed E-state index contributed by atoms with van der Waals surface area (Å²) in [7, 11) is -1.89. The average molecular weight is 435 g/mol. The standard InChI is InChI=1S/C19H38N4O5S/c1-5-20-19(21-10-8-6-7-9-18(24)27-4)22-11-13-23(14-12-22)29(25,26)16-15-28-17(2)3/h17H,5-16H2,1-4H3,(H,20,21). The first kappa shape index (κ1) is 25.6. The lowest BCUT2D eigenvalue weighted by molar-refractivity contribution is -0.140. The van der Waals surface area contributed by atoms with Crippen molar-refractivity contribution >= 4 is 22.0 Å². The Balaban J connectivity index is 2.44. The minimum absolute atomic E-state index is 0.0188. The van der Waals surface area contributed by atoms with Gasteiger partial charge < -0.3 is 19.7 Å². The van der Waals surface area contributed by atoms with Crippen molar-refractivity contribution in [3.8, 4) is 0 Å². The highest BCUT2D eigenvalue weighted by Gasteiger charge is 2.27. The number of hydrogen-bond donors (Lipinski definition) is 1. The molecule has 10 heteroatoms. The number of piperazine rings is 1. The van der Waals surface area contributed by atoms with Gasteiger partial charge in [-0.25, -0.2) is 8.42 Å². The average Bonchev–Trinajstić information content (AvgIpc) is 2.69. The Morgan fingerprint density at radius 1 is 1.14 bits per heavy atom. The summed E-state index contributed by atoms with van der Waals surface area (Å²) < 4.78 is 36.5. The predicted octanol–water partition coefficient (Wildman–Crippen LogP) is 1.06. The third-order valence-electron chi connectivity index (χ3n) is 4.59. The number of nitrogens with one attached hydrogen (secondary N) is 1. The maximum absolute atomic E-state index is 12.5. The molecule has 0 aromatic carbocycles. The Bertz CT molecular complexity index is 602. The van der Waals surface area contributed by atoms with E-state index in [4.69, 9.17) is 4.74 Å². The molecular formula is C19H38N4O5S. The fourth-order valence-corrected chi connectivity index (χ4v) is 4.25. The van der Waals surface area contributed by atoms with E-state index >= 15 is 0 Å². The number of esters is 1. The van der Waals surface area contributed by atoms with E-state index in [1.54, 1.807) is 4.31 Å². The van der Waals surface area contributed by atoms with Crippen LogP contribution in [0.2, 0.25) is 0 Å². The van der Waals surface area contributed by atoms with Gasteiger partial charge in [0.05, 0.1) is 25.6 Å². The number of carbonyl (C=O) groups is 1. The summed E-state index contributed by atoms with van der Waals surface area (Å²) in [6, 6.07) is 0. The van der Waals surface area contributed by atoms with Gasteiger partial charge in [0.15, 0.2) is 5.96 Å². The fourth-order valence-electron chi connectivity index (χ4n) is 2.97. The molecule has 9 nitrogen and oxygen atoms in total. The molecule has 0 bridgehead atoms. The van der Waals surface area contributed by atoms with Crippen LogP contribution >= 0.6 is 0 Å². The molecule has 0 unspecified atom stereocenters. The minimum Gasteiger partial charge on any atom is -0.469 e. The largest absolute Gasteiger partial charge is 0.469 e.